The first-order valence-corrected chi connectivity index (χ1v) is 7.85. The van der Waals surface area contributed by atoms with Gasteiger partial charge in [0.1, 0.15) is 5.82 Å². The van der Waals surface area contributed by atoms with E-state index in [0.717, 1.165) is 29.0 Å². The minimum atomic E-state index is 0.649. The molecule has 0 fully saturated rings. The second-order valence-corrected chi connectivity index (χ2v) is 5.69. The zero-order valence-corrected chi connectivity index (χ0v) is 13.1. The molecule has 0 aliphatic heterocycles. The highest BCUT2D eigenvalue weighted by molar-refractivity contribution is 5.82. The molecule has 114 valence electrons. The smallest absolute Gasteiger partial charge is 0.141 e. The molecule has 3 aromatic carbocycles. The van der Waals surface area contributed by atoms with Crippen molar-refractivity contribution in [2.45, 2.75) is 6.54 Å². The van der Waals surface area contributed by atoms with Crippen molar-refractivity contribution in [2.24, 2.45) is 0 Å². The molecule has 0 saturated heterocycles. The molecule has 0 spiro atoms. The number of aromatic nitrogens is 2. The highest BCUT2D eigenvalue weighted by Crippen LogP contribution is 2.26. The van der Waals surface area contributed by atoms with Crippen LogP contribution in [-0.2, 0) is 6.54 Å². The predicted molar refractivity (Wildman–Crippen MR) is 95.4 cm³/mol. The van der Waals surface area contributed by atoms with E-state index in [1.165, 1.54) is 5.56 Å². The van der Waals surface area contributed by atoms with Gasteiger partial charge in [0.15, 0.2) is 0 Å². The van der Waals surface area contributed by atoms with Gasteiger partial charge >= 0.3 is 0 Å². The van der Waals surface area contributed by atoms with Crippen molar-refractivity contribution < 1.29 is 0 Å². The van der Waals surface area contributed by atoms with Gasteiger partial charge in [0, 0.05) is 12.1 Å². The number of hydrogen-bond acceptors (Lipinski definition) is 2. The van der Waals surface area contributed by atoms with Crippen molar-refractivity contribution in [2.75, 3.05) is 0 Å². The highest BCUT2D eigenvalue weighted by Gasteiger charge is 2.13. The van der Waals surface area contributed by atoms with Crippen LogP contribution in [-0.4, -0.2) is 9.55 Å². The average Bonchev–Trinajstić information content (AvgIpc) is 3.01. The number of rotatable bonds is 3. The maximum Gasteiger partial charge on any atom is 0.141 e. The second-order valence-electron chi connectivity index (χ2n) is 5.69. The largest absolute Gasteiger partial charge is 0.319 e. The van der Waals surface area contributed by atoms with Crippen LogP contribution in [0.5, 0.6) is 0 Å². The Balaban J connectivity index is 1.94. The lowest BCUT2D eigenvalue weighted by Gasteiger charge is -2.10. The molecule has 0 N–H and O–H groups in total. The number of fused-ring (bicyclic) bond motifs is 1. The van der Waals surface area contributed by atoms with E-state index in [0.29, 0.717) is 5.56 Å². The van der Waals surface area contributed by atoms with Crippen LogP contribution in [0.4, 0.5) is 0 Å². The second kappa shape index (κ2) is 6.02. The van der Waals surface area contributed by atoms with Crippen LogP contribution in [0.25, 0.3) is 22.4 Å². The van der Waals surface area contributed by atoms with Gasteiger partial charge in [-0.25, -0.2) is 4.98 Å². The Labute approximate surface area is 140 Å². The molecule has 0 aliphatic rings. The standard InChI is InChI=1S/C21H15N3/c22-14-17-11-12-19-20(13-17)24(15-16-7-3-1-4-8-16)21(23-19)18-9-5-2-6-10-18/h1-13H,15H2. The zero-order chi connectivity index (χ0) is 16.4. The van der Waals surface area contributed by atoms with Gasteiger partial charge in [-0.3, -0.25) is 0 Å². The third kappa shape index (κ3) is 2.55. The highest BCUT2D eigenvalue weighted by atomic mass is 15.1. The summed E-state index contributed by atoms with van der Waals surface area (Å²) in [4.78, 5) is 4.81. The van der Waals surface area contributed by atoms with Crippen molar-refractivity contribution in [3.63, 3.8) is 0 Å². The van der Waals surface area contributed by atoms with Crippen molar-refractivity contribution in [3.05, 3.63) is 90.0 Å². The Bertz CT molecular complexity index is 1030. The normalized spacial score (nSPS) is 10.6. The molecular weight excluding hydrogens is 294 g/mol. The fourth-order valence-electron chi connectivity index (χ4n) is 2.93. The Morgan fingerprint density at radius 2 is 1.58 bits per heavy atom. The molecule has 1 aromatic heterocycles. The minimum absolute atomic E-state index is 0.649. The molecule has 24 heavy (non-hydrogen) atoms. The summed E-state index contributed by atoms with van der Waals surface area (Å²) in [6.45, 7) is 0.719. The molecule has 3 nitrogen and oxygen atoms in total. The summed E-state index contributed by atoms with van der Waals surface area (Å²) in [5.74, 6) is 0.921. The quantitative estimate of drug-likeness (QED) is 0.554. The number of nitriles is 1. The fourth-order valence-corrected chi connectivity index (χ4v) is 2.93. The molecule has 1 heterocycles. The first kappa shape index (κ1) is 14.2. The van der Waals surface area contributed by atoms with E-state index in [1.807, 2.05) is 54.6 Å². The summed E-state index contributed by atoms with van der Waals surface area (Å²) in [6.07, 6.45) is 0. The lowest BCUT2D eigenvalue weighted by molar-refractivity contribution is 0.834. The SMILES string of the molecule is N#Cc1ccc2nc(-c3ccccc3)n(Cc3ccccc3)c2c1. The van der Waals surface area contributed by atoms with Gasteiger partial charge in [0.25, 0.3) is 0 Å². The van der Waals surface area contributed by atoms with Crippen LogP contribution >= 0.6 is 0 Å². The molecular formula is C21H15N3. The molecule has 0 unspecified atom stereocenters. The lowest BCUT2D eigenvalue weighted by Crippen LogP contribution is -2.02. The Morgan fingerprint density at radius 3 is 2.29 bits per heavy atom. The number of benzene rings is 3. The number of nitrogens with zero attached hydrogens (tertiary/aromatic N) is 3. The molecule has 4 rings (SSSR count). The van der Waals surface area contributed by atoms with E-state index in [-0.39, 0.29) is 0 Å². The van der Waals surface area contributed by atoms with Gasteiger partial charge in [-0.15, -0.1) is 0 Å². The summed E-state index contributed by atoms with van der Waals surface area (Å²) in [5.41, 5.74) is 4.82. The van der Waals surface area contributed by atoms with Gasteiger partial charge in [-0.1, -0.05) is 60.7 Å². The van der Waals surface area contributed by atoms with Gasteiger partial charge in [0.2, 0.25) is 0 Å². The molecule has 0 amide bonds. The minimum Gasteiger partial charge on any atom is -0.319 e. The third-order valence-electron chi connectivity index (χ3n) is 4.09. The van der Waals surface area contributed by atoms with Gasteiger partial charge in [0.05, 0.1) is 22.7 Å². The van der Waals surface area contributed by atoms with E-state index < -0.39 is 0 Å². The van der Waals surface area contributed by atoms with Crippen LogP contribution < -0.4 is 0 Å². The lowest BCUT2D eigenvalue weighted by atomic mass is 10.2. The predicted octanol–water partition coefficient (Wildman–Crippen LogP) is 4.62. The third-order valence-corrected chi connectivity index (χ3v) is 4.09. The van der Waals surface area contributed by atoms with E-state index in [9.17, 15) is 5.26 Å². The van der Waals surface area contributed by atoms with Crippen molar-refractivity contribution in [1.29, 1.82) is 5.26 Å². The maximum atomic E-state index is 9.22. The molecule has 0 aliphatic carbocycles. The molecule has 4 aromatic rings. The summed E-state index contributed by atoms with van der Waals surface area (Å²) in [5, 5.41) is 9.22. The summed E-state index contributed by atoms with van der Waals surface area (Å²) in [6, 6.07) is 28.3. The Kier molecular flexibility index (Phi) is 3.57. The number of imidazole rings is 1. The van der Waals surface area contributed by atoms with Gasteiger partial charge in [-0.05, 0) is 23.8 Å². The van der Waals surface area contributed by atoms with E-state index in [4.69, 9.17) is 4.98 Å². The molecule has 0 bridgehead atoms. The van der Waals surface area contributed by atoms with Crippen LogP contribution in [0.15, 0.2) is 78.9 Å². The first-order chi connectivity index (χ1) is 11.8. The van der Waals surface area contributed by atoms with Crippen molar-refractivity contribution in [1.82, 2.24) is 9.55 Å². The average molecular weight is 309 g/mol. The fraction of sp³-hybridized carbons (Fsp3) is 0.0476. The molecule has 0 saturated carbocycles. The molecule has 0 atom stereocenters. The van der Waals surface area contributed by atoms with Gasteiger partial charge in [-0.2, -0.15) is 5.26 Å². The van der Waals surface area contributed by atoms with Crippen LogP contribution in [0, 0.1) is 11.3 Å². The zero-order valence-electron chi connectivity index (χ0n) is 13.1. The number of hydrogen-bond donors (Lipinski definition) is 0. The van der Waals surface area contributed by atoms with Crippen LogP contribution in [0.3, 0.4) is 0 Å². The first-order valence-electron chi connectivity index (χ1n) is 7.85. The van der Waals surface area contributed by atoms with Crippen LogP contribution in [0.2, 0.25) is 0 Å². The molecule has 0 radical (unpaired) electrons. The van der Waals surface area contributed by atoms with Crippen LogP contribution in [0.1, 0.15) is 11.1 Å². The maximum absolute atomic E-state index is 9.22. The van der Waals surface area contributed by atoms with Gasteiger partial charge < -0.3 is 4.57 Å². The summed E-state index contributed by atoms with van der Waals surface area (Å²) in [7, 11) is 0. The van der Waals surface area contributed by atoms with Crippen molar-refractivity contribution >= 4 is 11.0 Å². The monoisotopic (exact) mass is 309 g/mol. The van der Waals surface area contributed by atoms with Crippen molar-refractivity contribution in [3.8, 4) is 17.5 Å². The van der Waals surface area contributed by atoms with E-state index in [1.54, 1.807) is 0 Å². The summed E-state index contributed by atoms with van der Waals surface area (Å²) < 4.78 is 2.18. The van der Waals surface area contributed by atoms with E-state index >= 15 is 0 Å². The topological polar surface area (TPSA) is 41.6 Å². The Morgan fingerprint density at radius 1 is 0.875 bits per heavy atom. The van der Waals surface area contributed by atoms with E-state index in [2.05, 4.69) is 34.9 Å². The Hall–Kier alpha value is -3.38. The summed E-state index contributed by atoms with van der Waals surface area (Å²) >= 11 is 0. The molecule has 3 heteroatoms.